The average molecular weight is 455 g/mol. The number of nitrogens with one attached hydrogen (secondary N) is 1. The first-order chi connectivity index (χ1) is 16.0. The zero-order chi connectivity index (χ0) is 23.2. The van der Waals surface area contributed by atoms with Crippen molar-refractivity contribution in [3.05, 3.63) is 59.4 Å². The van der Waals surface area contributed by atoms with Crippen molar-refractivity contribution < 1.29 is 18.7 Å². The van der Waals surface area contributed by atoms with Crippen LogP contribution in [0.2, 0.25) is 0 Å². The Morgan fingerprint density at radius 2 is 1.73 bits per heavy atom. The molecule has 2 aromatic rings. The number of anilines is 2. The minimum absolute atomic E-state index is 0.000809. The van der Waals surface area contributed by atoms with Crippen molar-refractivity contribution >= 4 is 23.2 Å². The molecule has 0 aromatic heterocycles. The largest absolute Gasteiger partial charge is 0.375 e. The van der Waals surface area contributed by atoms with Gasteiger partial charge in [0.1, 0.15) is 12.4 Å². The molecule has 0 unspecified atom stereocenters. The molecular formula is C25H31FN4O3. The summed E-state index contributed by atoms with van der Waals surface area (Å²) in [6.07, 6.45) is 2.03. The van der Waals surface area contributed by atoms with Gasteiger partial charge < -0.3 is 19.9 Å². The van der Waals surface area contributed by atoms with Gasteiger partial charge in [-0.25, -0.2) is 4.39 Å². The Labute approximate surface area is 194 Å². The minimum atomic E-state index is -0.258. The molecule has 2 fully saturated rings. The van der Waals surface area contributed by atoms with Crippen LogP contribution < -0.4 is 10.2 Å². The summed E-state index contributed by atoms with van der Waals surface area (Å²) in [4.78, 5) is 31.6. The predicted molar refractivity (Wildman–Crippen MR) is 126 cm³/mol. The van der Waals surface area contributed by atoms with Crippen LogP contribution in [0.25, 0.3) is 0 Å². The number of amides is 2. The number of methoxy groups -OCH3 is 1. The second-order valence-electron chi connectivity index (χ2n) is 8.57. The lowest BCUT2D eigenvalue weighted by Crippen LogP contribution is -2.46. The lowest BCUT2D eigenvalue weighted by molar-refractivity contribution is -0.119. The van der Waals surface area contributed by atoms with Gasteiger partial charge in [-0.1, -0.05) is 18.2 Å². The van der Waals surface area contributed by atoms with E-state index in [9.17, 15) is 14.0 Å². The number of ether oxygens (including phenoxy) is 1. The molecule has 8 heteroatoms. The molecular weight excluding hydrogens is 423 g/mol. The third-order valence-electron chi connectivity index (χ3n) is 6.24. The molecule has 4 rings (SSSR count). The Morgan fingerprint density at radius 1 is 1.00 bits per heavy atom. The Morgan fingerprint density at radius 3 is 2.42 bits per heavy atom. The molecule has 0 saturated carbocycles. The monoisotopic (exact) mass is 454 g/mol. The number of hydrogen-bond acceptors (Lipinski definition) is 5. The van der Waals surface area contributed by atoms with E-state index in [-0.39, 0.29) is 24.2 Å². The highest BCUT2D eigenvalue weighted by atomic mass is 19.1. The van der Waals surface area contributed by atoms with Crippen molar-refractivity contribution in [1.82, 2.24) is 9.80 Å². The number of rotatable bonds is 7. The number of halogens is 1. The van der Waals surface area contributed by atoms with E-state index in [4.69, 9.17) is 4.74 Å². The Bertz CT molecular complexity index is 985. The SMILES string of the molecule is COCC(=O)Nc1ccc(N2CCN(Cc3ccccc3F)CC2)c(C(=O)N2CCCC2)c1. The molecule has 2 aliphatic rings. The standard InChI is InChI=1S/C25H31FN4O3/c1-33-18-24(31)27-20-8-9-23(21(16-20)25(32)30-10-4-5-11-30)29-14-12-28(13-15-29)17-19-6-2-3-7-22(19)26/h2-3,6-9,16H,4-5,10-15,17-18H2,1H3,(H,27,31). The van der Waals surface area contributed by atoms with Crippen LogP contribution >= 0.6 is 0 Å². The van der Waals surface area contributed by atoms with E-state index < -0.39 is 0 Å². The normalized spacial score (nSPS) is 16.8. The van der Waals surface area contributed by atoms with Crippen molar-refractivity contribution in [2.75, 3.05) is 63.2 Å². The lowest BCUT2D eigenvalue weighted by Gasteiger charge is -2.37. The van der Waals surface area contributed by atoms with Crippen LogP contribution in [0, 0.1) is 5.82 Å². The molecule has 2 aliphatic heterocycles. The quantitative estimate of drug-likeness (QED) is 0.697. The van der Waals surface area contributed by atoms with Gasteiger partial charge in [-0.05, 0) is 37.1 Å². The van der Waals surface area contributed by atoms with Crippen LogP contribution in [0.15, 0.2) is 42.5 Å². The summed E-state index contributed by atoms with van der Waals surface area (Å²) in [6, 6.07) is 12.4. The predicted octanol–water partition coefficient (Wildman–Crippen LogP) is 2.97. The molecule has 0 aliphatic carbocycles. The van der Waals surface area contributed by atoms with E-state index >= 15 is 0 Å². The Balaban J connectivity index is 1.49. The van der Waals surface area contributed by atoms with Gasteiger partial charge in [-0.3, -0.25) is 14.5 Å². The van der Waals surface area contributed by atoms with Gasteiger partial charge in [-0.15, -0.1) is 0 Å². The zero-order valence-electron chi connectivity index (χ0n) is 19.1. The van der Waals surface area contributed by atoms with Crippen LogP contribution in [0.3, 0.4) is 0 Å². The summed E-state index contributed by atoms with van der Waals surface area (Å²) in [7, 11) is 1.47. The number of carbonyl (C=O) groups excluding carboxylic acids is 2. The molecule has 2 aromatic carbocycles. The first kappa shape index (κ1) is 23.2. The highest BCUT2D eigenvalue weighted by Gasteiger charge is 2.26. The van der Waals surface area contributed by atoms with E-state index in [2.05, 4.69) is 15.1 Å². The average Bonchev–Trinajstić information content (AvgIpc) is 3.36. The molecule has 176 valence electrons. The number of hydrogen-bond donors (Lipinski definition) is 1. The van der Waals surface area contributed by atoms with E-state index in [0.717, 1.165) is 57.8 Å². The van der Waals surface area contributed by atoms with Crippen LogP contribution in [-0.2, 0) is 16.1 Å². The zero-order valence-corrected chi connectivity index (χ0v) is 19.1. The van der Waals surface area contributed by atoms with Gasteiger partial charge in [0.25, 0.3) is 5.91 Å². The molecule has 2 saturated heterocycles. The smallest absolute Gasteiger partial charge is 0.256 e. The fourth-order valence-electron chi connectivity index (χ4n) is 4.49. The number of piperazine rings is 1. The minimum Gasteiger partial charge on any atom is -0.375 e. The van der Waals surface area contributed by atoms with Crippen LogP contribution in [0.5, 0.6) is 0 Å². The highest BCUT2D eigenvalue weighted by molar-refractivity contribution is 6.02. The summed E-state index contributed by atoms with van der Waals surface area (Å²) in [5, 5.41) is 2.80. The van der Waals surface area contributed by atoms with Gasteiger partial charge in [0.2, 0.25) is 5.91 Å². The Hall–Kier alpha value is -2.97. The van der Waals surface area contributed by atoms with Gasteiger partial charge in [0.15, 0.2) is 0 Å². The molecule has 2 heterocycles. The maximum Gasteiger partial charge on any atom is 0.256 e. The van der Waals surface area contributed by atoms with E-state index in [1.807, 2.05) is 29.2 Å². The number of benzene rings is 2. The molecule has 0 radical (unpaired) electrons. The fraction of sp³-hybridized carbons (Fsp3) is 0.440. The molecule has 0 atom stereocenters. The third kappa shape index (κ3) is 5.69. The van der Waals surface area contributed by atoms with E-state index in [1.165, 1.54) is 13.2 Å². The summed E-state index contributed by atoms with van der Waals surface area (Å²) in [6.45, 7) is 5.08. The molecule has 0 spiro atoms. The molecule has 33 heavy (non-hydrogen) atoms. The molecule has 7 nitrogen and oxygen atoms in total. The van der Waals surface area contributed by atoms with Crippen LogP contribution in [-0.4, -0.2) is 74.6 Å². The van der Waals surface area contributed by atoms with Crippen molar-refractivity contribution in [2.24, 2.45) is 0 Å². The molecule has 0 bridgehead atoms. The third-order valence-corrected chi connectivity index (χ3v) is 6.24. The summed E-state index contributed by atoms with van der Waals surface area (Å²) >= 11 is 0. The topological polar surface area (TPSA) is 65.1 Å². The van der Waals surface area contributed by atoms with Crippen LogP contribution in [0.4, 0.5) is 15.8 Å². The summed E-state index contributed by atoms with van der Waals surface area (Å²) in [5.74, 6) is -0.435. The van der Waals surface area contributed by atoms with Gasteiger partial charge in [0.05, 0.1) is 5.56 Å². The highest BCUT2D eigenvalue weighted by Crippen LogP contribution is 2.28. The maximum absolute atomic E-state index is 14.0. The van der Waals surface area contributed by atoms with Gasteiger partial charge in [-0.2, -0.15) is 0 Å². The van der Waals surface area contributed by atoms with Crippen molar-refractivity contribution in [3.63, 3.8) is 0 Å². The van der Waals surface area contributed by atoms with Gasteiger partial charge in [0, 0.05) is 69.9 Å². The van der Waals surface area contributed by atoms with E-state index in [0.29, 0.717) is 23.4 Å². The van der Waals surface area contributed by atoms with Gasteiger partial charge >= 0.3 is 0 Å². The summed E-state index contributed by atoms with van der Waals surface area (Å²) < 4.78 is 18.9. The van der Waals surface area contributed by atoms with Crippen molar-refractivity contribution in [1.29, 1.82) is 0 Å². The Kier molecular flexibility index (Phi) is 7.57. The fourth-order valence-corrected chi connectivity index (χ4v) is 4.49. The van der Waals surface area contributed by atoms with Crippen LogP contribution in [0.1, 0.15) is 28.8 Å². The van der Waals surface area contributed by atoms with Crippen molar-refractivity contribution in [3.8, 4) is 0 Å². The number of nitrogens with zero attached hydrogens (tertiary/aromatic N) is 3. The first-order valence-electron chi connectivity index (χ1n) is 11.5. The maximum atomic E-state index is 14.0. The number of carbonyl (C=O) groups is 2. The second kappa shape index (κ2) is 10.8. The first-order valence-corrected chi connectivity index (χ1v) is 11.5. The van der Waals surface area contributed by atoms with Crippen molar-refractivity contribution in [2.45, 2.75) is 19.4 Å². The lowest BCUT2D eigenvalue weighted by atomic mass is 10.1. The summed E-state index contributed by atoms with van der Waals surface area (Å²) in [5.41, 5.74) is 2.77. The molecule has 1 N–H and O–H groups in total. The second-order valence-corrected chi connectivity index (χ2v) is 8.57. The number of likely N-dealkylation sites (tertiary alicyclic amines) is 1. The van der Waals surface area contributed by atoms with E-state index in [1.54, 1.807) is 12.1 Å². The molecule has 2 amide bonds.